The molecule has 9 heteroatoms. The Labute approximate surface area is 173 Å². The van der Waals surface area contributed by atoms with Gasteiger partial charge in [0.25, 0.3) is 11.8 Å². The number of hydrogen-bond acceptors (Lipinski definition) is 4. The van der Waals surface area contributed by atoms with E-state index < -0.39 is 23.4 Å². The molecule has 4 aromatic rings. The summed E-state index contributed by atoms with van der Waals surface area (Å²) in [6.45, 7) is 1.70. The highest BCUT2D eigenvalue weighted by Crippen LogP contribution is 2.35. The van der Waals surface area contributed by atoms with E-state index in [1.807, 2.05) is 0 Å². The second kappa shape index (κ2) is 6.43. The zero-order valence-electron chi connectivity index (χ0n) is 15.4. The van der Waals surface area contributed by atoms with Crippen molar-refractivity contribution in [3.05, 3.63) is 82.1 Å². The predicted molar refractivity (Wildman–Crippen MR) is 106 cm³/mol. The lowest BCUT2D eigenvalue weighted by Crippen LogP contribution is -2.29. The minimum Gasteiger partial charge on any atom is -0.268 e. The lowest BCUT2D eigenvalue weighted by Gasteiger charge is -2.13. The molecule has 5 rings (SSSR count). The minimum absolute atomic E-state index is 0.0593. The summed E-state index contributed by atoms with van der Waals surface area (Å²) < 4.78 is 28.5. The number of aromatic nitrogens is 3. The van der Waals surface area contributed by atoms with Gasteiger partial charge in [-0.1, -0.05) is 11.6 Å². The quantitative estimate of drug-likeness (QED) is 0.445. The monoisotopic (exact) mass is 424 g/mol. The lowest BCUT2D eigenvalue weighted by molar-refractivity contribution is 0.0926. The Balaban J connectivity index is 1.70. The summed E-state index contributed by atoms with van der Waals surface area (Å²) in [7, 11) is 0. The molecule has 0 spiro atoms. The third-order valence-electron chi connectivity index (χ3n) is 4.95. The number of benzene rings is 2. The van der Waals surface area contributed by atoms with Gasteiger partial charge in [0.05, 0.1) is 33.6 Å². The highest BCUT2D eigenvalue weighted by molar-refractivity contribution is 6.37. The highest BCUT2D eigenvalue weighted by atomic mass is 35.5. The van der Waals surface area contributed by atoms with E-state index in [0.717, 1.165) is 17.0 Å². The van der Waals surface area contributed by atoms with Crippen LogP contribution in [0.4, 0.5) is 14.5 Å². The third kappa shape index (κ3) is 2.54. The molecule has 0 saturated heterocycles. The first kappa shape index (κ1) is 18.4. The van der Waals surface area contributed by atoms with E-state index in [0.29, 0.717) is 27.4 Å². The summed E-state index contributed by atoms with van der Waals surface area (Å²) in [5, 5.41) is 5.45. The van der Waals surface area contributed by atoms with Gasteiger partial charge in [-0.25, -0.2) is 23.3 Å². The molecule has 2 aromatic heterocycles. The Bertz CT molecular complexity index is 1380. The SMILES string of the molecule is Cc1nn(-c2ccc(Cl)cc2)c2ncc3c(c12)C(=O)N(c1ccc(F)c(F)c1)C3=O. The standard InChI is InChI=1S/C21H11ClF2N4O2/c1-10-17-18-14(9-25-19(17)28(26-10)12-4-2-11(22)3-5-12)20(29)27(21(18)30)13-6-7-15(23)16(24)8-13/h2-9H,1H3. The summed E-state index contributed by atoms with van der Waals surface area (Å²) >= 11 is 5.95. The van der Waals surface area contributed by atoms with Gasteiger partial charge in [-0.3, -0.25) is 9.59 Å². The average molecular weight is 425 g/mol. The first-order valence-corrected chi connectivity index (χ1v) is 9.22. The predicted octanol–water partition coefficient (Wildman–Crippen LogP) is 4.46. The van der Waals surface area contributed by atoms with Gasteiger partial charge in [-0.05, 0) is 43.3 Å². The molecule has 1 aliphatic rings. The Morgan fingerprint density at radius 2 is 1.63 bits per heavy atom. The molecule has 0 aliphatic carbocycles. The van der Waals surface area contributed by atoms with Crippen molar-refractivity contribution >= 4 is 40.1 Å². The zero-order chi connectivity index (χ0) is 21.2. The first-order valence-electron chi connectivity index (χ1n) is 8.85. The number of amides is 2. The van der Waals surface area contributed by atoms with E-state index >= 15 is 0 Å². The minimum atomic E-state index is -1.15. The van der Waals surface area contributed by atoms with E-state index in [9.17, 15) is 18.4 Å². The van der Waals surface area contributed by atoms with Crippen LogP contribution < -0.4 is 4.90 Å². The summed E-state index contributed by atoms with van der Waals surface area (Å²) in [4.78, 5) is 31.2. The van der Waals surface area contributed by atoms with E-state index in [2.05, 4.69) is 10.1 Å². The van der Waals surface area contributed by atoms with Crippen LogP contribution in [0, 0.1) is 18.6 Å². The van der Waals surface area contributed by atoms with E-state index in [1.165, 1.54) is 12.3 Å². The van der Waals surface area contributed by atoms with Crippen LogP contribution in [0.3, 0.4) is 0 Å². The summed E-state index contributed by atoms with van der Waals surface area (Å²) in [6.07, 6.45) is 1.30. The van der Waals surface area contributed by atoms with Gasteiger partial charge in [0.2, 0.25) is 0 Å². The van der Waals surface area contributed by atoms with Crippen molar-refractivity contribution in [1.82, 2.24) is 14.8 Å². The highest BCUT2D eigenvalue weighted by Gasteiger charge is 2.40. The Kier molecular flexibility index (Phi) is 3.94. The number of fused-ring (bicyclic) bond motifs is 3. The van der Waals surface area contributed by atoms with Crippen LogP contribution in [-0.2, 0) is 0 Å². The molecule has 0 N–H and O–H groups in total. The summed E-state index contributed by atoms with van der Waals surface area (Å²) in [6, 6.07) is 9.76. The fraction of sp³-hybridized carbons (Fsp3) is 0.0476. The first-order chi connectivity index (χ1) is 14.4. The molecular weight excluding hydrogens is 414 g/mol. The van der Waals surface area contributed by atoms with Crippen LogP contribution in [0.25, 0.3) is 16.7 Å². The molecule has 6 nitrogen and oxygen atoms in total. The number of hydrogen-bond donors (Lipinski definition) is 0. The molecule has 0 saturated carbocycles. The third-order valence-corrected chi connectivity index (χ3v) is 5.21. The zero-order valence-corrected chi connectivity index (χ0v) is 16.1. The van der Waals surface area contributed by atoms with Gasteiger partial charge < -0.3 is 0 Å². The van der Waals surface area contributed by atoms with Gasteiger partial charge in [0.1, 0.15) is 0 Å². The average Bonchev–Trinajstić information content (AvgIpc) is 3.19. The Morgan fingerprint density at radius 3 is 2.33 bits per heavy atom. The molecule has 2 amide bonds. The van der Waals surface area contributed by atoms with Gasteiger partial charge >= 0.3 is 0 Å². The molecular formula is C21H11ClF2N4O2. The maximum Gasteiger partial charge on any atom is 0.267 e. The van der Waals surface area contributed by atoms with Crippen molar-refractivity contribution in [2.75, 3.05) is 4.90 Å². The molecule has 30 heavy (non-hydrogen) atoms. The van der Waals surface area contributed by atoms with Crippen LogP contribution in [0.15, 0.2) is 48.7 Å². The maximum atomic E-state index is 13.7. The maximum absolute atomic E-state index is 13.7. The fourth-order valence-corrected chi connectivity index (χ4v) is 3.71. The van der Waals surface area contributed by atoms with Gasteiger partial charge in [0.15, 0.2) is 17.3 Å². The van der Waals surface area contributed by atoms with Gasteiger partial charge in [0, 0.05) is 17.3 Å². The van der Waals surface area contributed by atoms with Crippen molar-refractivity contribution in [3.8, 4) is 5.69 Å². The lowest BCUT2D eigenvalue weighted by atomic mass is 10.1. The topological polar surface area (TPSA) is 68.1 Å². The number of carbonyl (C=O) groups excluding carboxylic acids is 2. The molecule has 0 radical (unpaired) electrons. The molecule has 0 unspecified atom stereocenters. The molecule has 148 valence electrons. The number of pyridine rings is 1. The smallest absolute Gasteiger partial charge is 0.267 e. The summed E-state index contributed by atoms with van der Waals surface area (Å²) in [5.41, 5.74) is 1.72. The Hall–Kier alpha value is -3.65. The second-order valence-corrected chi connectivity index (χ2v) is 7.20. The molecule has 0 fully saturated rings. The molecule has 0 atom stereocenters. The molecule has 0 bridgehead atoms. The number of aryl methyl sites for hydroxylation is 1. The molecule has 3 heterocycles. The number of halogens is 3. The van der Waals surface area contributed by atoms with Crippen molar-refractivity contribution in [2.24, 2.45) is 0 Å². The normalized spacial score (nSPS) is 13.4. The number of nitrogens with zero attached hydrogens (tertiary/aromatic N) is 4. The summed E-state index contributed by atoms with van der Waals surface area (Å²) in [5.74, 6) is -3.53. The number of carbonyl (C=O) groups is 2. The fourth-order valence-electron chi connectivity index (χ4n) is 3.58. The van der Waals surface area contributed by atoms with E-state index in [4.69, 9.17) is 11.6 Å². The van der Waals surface area contributed by atoms with Crippen molar-refractivity contribution in [1.29, 1.82) is 0 Å². The van der Waals surface area contributed by atoms with Gasteiger partial charge in [-0.15, -0.1) is 0 Å². The number of rotatable bonds is 2. The van der Waals surface area contributed by atoms with Crippen molar-refractivity contribution in [2.45, 2.75) is 6.92 Å². The van der Waals surface area contributed by atoms with E-state index in [1.54, 1.807) is 35.9 Å². The van der Waals surface area contributed by atoms with Crippen LogP contribution in [0.1, 0.15) is 26.4 Å². The largest absolute Gasteiger partial charge is 0.268 e. The van der Waals surface area contributed by atoms with Gasteiger partial charge in [-0.2, -0.15) is 5.10 Å². The Morgan fingerprint density at radius 1 is 0.933 bits per heavy atom. The van der Waals surface area contributed by atoms with Crippen LogP contribution >= 0.6 is 11.6 Å². The second-order valence-electron chi connectivity index (χ2n) is 6.76. The number of imide groups is 1. The van der Waals surface area contributed by atoms with E-state index in [-0.39, 0.29) is 16.8 Å². The van der Waals surface area contributed by atoms with Crippen LogP contribution in [-0.4, -0.2) is 26.6 Å². The van der Waals surface area contributed by atoms with Crippen molar-refractivity contribution in [3.63, 3.8) is 0 Å². The molecule has 1 aliphatic heterocycles. The van der Waals surface area contributed by atoms with Crippen LogP contribution in [0.5, 0.6) is 0 Å². The van der Waals surface area contributed by atoms with Crippen LogP contribution in [0.2, 0.25) is 5.02 Å². The van der Waals surface area contributed by atoms with Crippen molar-refractivity contribution < 1.29 is 18.4 Å². The number of anilines is 1. The molecule has 2 aromatic carbocycles.